The monoisotopic (exact) mass is 388 g/mol. The van der Waals surface area contributed by atoms with Crippen LogP contribution in [0.5, 0.6) is 0 Å². The van der Waals surface area contributed by atoms with Crippen LogP contribution in [-0.2, 0) is 36.0 Å². The van der Waals surface area contributed by atoms with Crippen LogP contribution in [0.3, 0.4) is 0 Å². The van der Waals surface area contributed by atoms with Gasteiger partial charge in [-0.05, 0) is 79.3 Å². The van der Waals surface area contributed by atoms with Gasteiger partial charge < -0.3 is 5.32 Å². The molecule has 1 heterocycles. The number of carbonyl (C=O) groups excluding carboxylic acids is 3. The first-order valence-electron chi connectivity index (χ1n) is 10.4. The number of nitrogens with zero attached hydrogens (tertiary/aromatic N) is 1. The SMILES string of the molecule is C[C@@]1(c2ccc3c(c2)CCC3)NC(=O)N(CC(=O)c2ccc3c(c2)CCC3)C1=O. The van der Waals surface area contributed by atoms with Crippen LogP contribution in [0.1, 0.15) is 57.9 Å². The number of urea groups is 1. The smallest absolute Gasteiger partial charge is 0.319 e. The first kappa shape index (κ1) is 18.1. The Bertz CT molecular complexity index is 1060. The van der Waals surface area contributed by atoms with Gasteiger partial charge in [-0.3, -0.25) is 14.5 Å². The molecule has 1 N–H and O–H groups in total. The van der Waals surface area contributed by atoms with Crippen molar-refractivity contribution in [1.82, 2.24) is 10.2 Å². The molecule has 0 saturated carbocycles. The standard InChI is InChI=1S/C24H24N2O3/c1-24(20-11-10-16-5-3-7-18(16)13-20)22(28)26(23(29)25-24)14-21(27)19-9-8-15-4-2-6-17(15)12-19/h8-13H,2-7,14H2,1H3,(H,25,29)/t24-/m0/s1. The number of ketones is 1. The summed E-state index contributed by atoms with van der Waals surface area (Å²) in [6, 6.07) is 11.2. The third-order valence-corrected chi connectivity index (χ3v) is 6.67. The minimum absolute atomic E-state index is 0.207. The van der Waals surface area contributed by atoms with Gasteiger partial charge in [0.1, 0.15) is 5.54 Å². The molecule has 148 valence electrons. The summed E-state index contributed by atoms with van der Waals surface area (Å²) < 4.78 is 0. The highest BCUT2D eigenvalue weighted by molar-refractivity contribution is 6.11. The van der Waals surface area contributed by atoms with Gasteiger partial charge in [-0.15, -0.1) is 0 Å². The highest BCUT2D eigenvalue weighted by Gasteiger charge is 2.49. The Kier molecular flexibility index (Phi) is 4.09. The number of hydrogen-bond donors (Lipinski definition) is 1. The third-order valence-electron chi connectivity index (χ3n) is 6.67. The number of benzene rings is 2. The molecule has 0 unspecified atom stereocenters. The Morgan fingerprint density at radius 2 is 1.55 bits per heavy atom. The Morgan fingerprint density at radius 1 is 0.931 bits per heavy atom. The van der Waals surface area contributed by atoms with Gasteiger partial charge in [-0.25, -0.2) is 4.79 Å². The van der Waals surface area contributed by atoms with E-state index in [2.05, 4.69) is 11.4 Å². The topological polar surface area (TPSA) is 66.5 Å². The van der Waals surface area contributed by atoms with Crippen molar-refractivity contribution >= 4 is 17.7 Å². The van der Waals surface area contributed by atoms with E-state index in [1.165, 1.54) is 22.3 Å². The molecule has 0 aromatic heterocycles. The van der Waals surface area contributed by atoms with Crippen LogP contribution in [0.4, 0.5) is 4.79 Å². The molecule has 29 heavy (non-hydrogen) atoms. The predicted octanol–water partition coefficient (Wildman–Crippen LogP) is 3.31. The van der Waals surface area contributed by atoms with Crippen LogP contribution in [0.2, 0.25) is 0 Å². The quantitative estimate of drug-likeness (QED) is 0.645. The number of nitrogens with one attached hydrogen (secondary N) is 1. The molecular formula is C24H24N2O3. The van der Waals surface area contributed by atoms with Crippen LogP contribution in [-0.4, -0.2) is 29.2 Å². The number of aryl methyl sites for hydroxylation is 4. The van der Waals surface area contributed by atoms with E-state index in [9.17, 15) is 14.4 Å². The molecule has 5 heteroatoms. The molecule has 1 saturated heterocycles. The number of amides is 3. The maximum atomic E-state index is 13.2. The number of Topliss-reactive ketones (excluding diaryl/α,β-unsaturated/α-hetero) is 1. The Hall–Kier alpha value is -2.95. The maximum Gasteiger partial charge on any atom is 0.325 e. The molecule has 1 aliphatic heterocycles. The third kappa shape index (κ3) is 2.87. The van der Waals surface area contributed by atoms with Gasteiger partial charge in [-0.2, -0.15) is 0 Å². The summed E-state index contributed by atoms with van der Waals surface area (Å²) in [5.74, 6) is -0.573. The summed E-state index contributed by atoms with van der Waals surface area (Å²) >= 11 is 0. The van der Waals surface area contributed by atoms with Gasteiger partial charge >= 0.3 is 6.03 Å². The van der Waals surface area contributed by atoms with Crippen LogP contribution in [0, 0.1) is 0 Å². The lowest BCUT2D eigenvalue weighted by molar-refractivity contribution is -0.130. The Balaban J connectivity index is 1.38. The van der Waals surface area contributed by atoms with Gasteiger partial charge in [0.05, 0.1) is 6.54 Å². The van der Waals surface area contributed by atoms with E-state index >= 15 is 0 Å². The second-order valence-corrected chi connectivity index (χ2v) is 8.54. The first-order chi connectivity index (χ1) is 14.0. The Morgan fingerprint density at radius 3 is 2.28 bits per heavy atom. The van der Waals surface area contributed by atoms with E-state index in [1.807, 2.05) is 30.3 Å². The number of imide groups is 1. The van der Waals surface area contributed by atoms with E-state index in [0.29, 0.717) is 5.56 Å². The number of hydrogen-bond acceptors (Lipinski definition) is 3. The van der Waals surface area contributed by atoms with E-state index in [4.69, 9.17) is 0 Å². The van der Waals surface area contributed by atoms with Crippen molar-refractivity contribution in [3.8, 4) is 0 Å². The van der Waals surface area contributed by atoms with Crippen molar-refractivity contribution in [3.63, 3.8) is 0 Å². The van der Waals surface area contributed by atoms with Crippen LogP contribution in [0.25, 0.3) is 0 Å². The van der Waals surface area contributed by atoms with Crippen LogP contribution in [0.15, 0.2) is 36.4 Å². The predicted molar refractivity (Wildman–Crippen MR) is 109 cm³/mol. The van der Waals surface area contributed by atoms with Gasteiger partial charge in [0.25, 0.3) is 5.91 Å². The average Bonchev–Trinajstić information content (AvgIpc) is 3.42. The minimum Gasteiger partial charge on any atom is -0.319 e. The van der Waals surface area contributed by atoms with Gasteiger partial charge in [0, 0.05) is 5.56 Å². The van der Waals surface area contributed by atoms with Crippen molar-refractivity contribution in [1.29, 1.82) is 0 Å². The van der Waals surface area contributed by atoms with Crippen molar-refractivity contribution in [2.75, 3.05) is 6.54 Å². The second-order valence-electron chi connectivity index (χ2n) is 8.54. The average molecular weight is 388 g/mol. The van der Waals surface area contributed by atoms with Gasteiger partial charge in [0.2, 0.25) is 0 Å². The minimum atomic E-state index is -1.13. The first-order valence-corrected chi connectivity index (χ1v) is 10.4. The lowest BCUT2D eigenvalue weighted by Gasteiger charge is -2.23. The van der Waals surface area contributed by atoms with E-state index in [-0.39, 0.29) is 18.2 Å². The summed E-state index contributed by atoms with van der Waals surface area (Å²) in [5, 5.41) is 2.82. The molecule has 2 aliphatic carbocycles. The highest BCUT2D eigenvalue weighted by atomic mass is 16.2. The van der Waals surface area contributed by atoms with E-state index in [1.54, 1.807) is 6.92 Å². The molecule has 5 nitrogen and oxygen atoms in total. The largest absolute Gasteiger partial charge is 0.325 e. The van der Waals surface area contributed by atoms with Crippen LogP contribution >= 0.6 is 0 Å². The fourth-order valence-corrected chi connectivity index (χ4v) is 4.90. The van der Waals surface area contributed by atoms with Crippen molar-refractivity contribution in [2.24, 2.45) is 0 Å². The second kappa shape index (κ2) is 6.55. The molecule has 2 aromatic carbocycles. The molecule has 0 bridgehead atoms. The fraction of sp³-hybridized carbons (Fsp3) is 0.375. The molecule has 3 aliphatic rings. The van der Waals surface area contributed by atoms with Crippen LogP contribution < -0.4 is 5.32 Å². The molecule has 2 aromatic rings. The Labute approximate surface area is 170 Å². The molecule has 0 radical (unpaired) electrons. The number of carbonyl (C=O) groups is 3. The molecule has 5 rings (SSSR count). The van der Waals surface area contributed by atoms with E-state index in [0.717, 1.165) is 49.0 Å². The zero-order valence-corrected chi connectivity index (χ0v) is 16.6. The molecule has 1 atom stereocenters. The summed E-state index contributed by atoms with van der Waals surface area (Å²) in [6.07, 6.45) is 6.33. The van der Waals surface area contributed by atoms with Crippen molar-refractivity contribution in [2.45, 2.75) is 51.0 Å². The van der Waals surface area contributed by atoms with Crippen molar-refractivity contribution in [3.05, 3.63) is 69.8 Å². The maximum absolute atomic E-state index is 13.2. The zero-order chi connectivity index (χ0) is 20.2. The molecular weight excluding hydrogens is 364 g/mol. The number of rotatable bonds is 4. The highest BCUT2D eigenvalue weighted by Crippen LogP contribution is 2.33. The summed E-state index contributed by atoms with van der Waals surface area (Å²) in [7, 11) is 0. The van der Waals surface area contributed by atoms with Gasteiger partial charge in [0.15, 0.2) is 5.78 Å². The van der Waals surface area contributed by atoms with E-state index < -0.39 is 11.6 Å². The molecule has 1 fully saturated rings. The summed E-state index contributed by atoms with van der Waals surface area (Å²) in [5.41, 5.74) is 5.28. The fourth-order valence-electron chi connectivity index (χ4n) is 4.90. The lowest BCUT2D eigenvalue weighted by Crippen LogP contribution is -2.41. The van der Waals surface area contributed by atoms with Crippen molar-refractivity contribution < 1.29 is 14.4 Å². The molecule has 3 amide bonds. The summed E-state index contributed by atoms with van der Waals surface area (Å²) in [6.45, 7) is 1.49. The molecule has 0 spiro atoms. The summed E-state index contributed by atoms with van der Waals surface area (Å²) in [4.78, 5) is 39.7. The number of fused-ring (bicyclic) bond motifs is 2. The normalized spacial score (nSPS) is 22.6. The van der Waals surface area contributed by atoms with Gasteiger partial charge in [-0.1, -0.05) is 30.3 Å². The zero-order valence-electron chi connectivity index (χ0n) is 16.6. The lowest BCUT2D eigenvalue weighted by atomic mass is 9.89.